The van der Waals surface area contributed by atoms with Crippen molar-refractivity contribution in [1.82, 2.24) is 0 Å². The van der Waals surface area contributed by atoms with Crippen LogP contribution in [0.5, 0.6) is 5.75 Å². The first-order chi connectivity index (χ1) is 10.6. The summed E-state index contributed by atoms with van der Waals surface area (Å²) in [5.41, 5.74) is 0.00899. The smallest absolute Gasteiger partial charge is 0.308 e. The summed E-state index contributed by atoms with van der Waals surface area (Å²) in [4.78, 5) is 10.9. The maximum atomic E-state index is 10.9. The second-order valence-corrected chi connectivity index (χ2v) is 6.47. The minimum Gasteiger partial charge on any atom is -0.427 e. The second-order valence-electron chi connectivity index (χ2n) is 6.47. The Labute approximate surface area is 139 Å². The SMILES string of the molecule is C=CC(C)(/C=C/c1ccc(OC(C)=O)cc1)C/C=C/C(C)(C)O. The van der Waals surface area contributed by atoms with Crippen molar-refractivity contribution in [2.75, 3.05) is 0 Å². The summed E-state index contributed by atoms with van der Waals surface area (Å²) in [6.07, 6.45) is 10.5. The van der Waals surface area contributed by atoms with Gasteiger partial charge in [0, 0.05) is 12.3 Å². The van der Waals surface area contributed by atoms with E-state index in [2.05, 4.69) is 19.6 Å². The molecule has 1 rings (SSSR count). The van der Waals surface area contributed by atoms with Crippen molar-refractivity contribution < 1.29 is 14.6 Å². The summed E-state index contributed by atoms with van der Waals surface area (Å²) in [5, 5.41) is 9.72. The number of rotatable bonds is 7. The Morgan fingerprint density at radius 1 is 1.22 bits per heavy atom. The highest BCUT2D eigenvalue weighted by Crippen LogP contribution is 2.27. The molecule has 0 spiro atoms. The van der Waals surface area contributed by atoms with Gasteiger partial charge in [0.25, 0.3) is 0 Å². The fourth-order valence-electron chi connectivity index (χ4n) is 1.92. The van der Waals surface area contributed by atoms with Crippen LogP contribution in [0.2, 0.25) is 0 Å². The van der Waals surface area contributed by atoms with E-state index in [0.29, 0.717) is 5.75 Å². The van der Waals surface area contributed by atoms with Crippen LogP contribution in [0.4, 0.5) is 0 Å². The van der Waals surface area contributed by atoms with Gasteiger partial charge in [0.2, 0.25) is 0 Å². The third-order valence-corrected chi connectivity index (χ3v) is 3.35. The van der Waals surface area contributed by atoms with Gasteiger partial charge in [-0.2, -0.15) is 0 Å². The van der Waals surface area contributed by atoms with Gasteiger partial charge in [-0.3, -0.25) is 4.79 Å². The molecular formula is C20H26O3. The zero-order valence-corrected chi connectivity index (χ0v) is 14.4. The van der Waals surface area contributed by atoms with Gasteiger partial charge < -0.3 is 9.84 Å². The van der Waals surface area contributed by atoms with Crippen LogP contribution >= 0.6 is 0 Å². The molecule has 0 heterocycles. The third kappa shape index (κ3) is 7.61. The number of esters is 1. The molecule has 0 aliphatic carbocycles. The average molecular weight is 314 g/mol. The highest BCUT2D eigenvalue weighted by Gasteiger charge is 2.15. The summed E-state index contributed by atoms with van der Waals surface area (Å²) in [7, 11) is 0. The predicted octanol–water partition coefficient (Wildman–Crippen LogP) is 4.53. The van der Waals surface area contributed by atoms with Crippen LogP contribution in [-0.2, 0) is 4.79 Å². The Balaban J connectivity index is 2.77. The molecule has 1 aromatic carbocycles. The molecule has 0 saturated heterocycles. The molecular weight excluding hydrogens is 288 g/mol. The van der Waals surface area contributed by atoms with Gasteiger partial charge in [-0.25, -0.2) is 0 Å². The van der Waals surface area contributed by atoms with Crippen LogP contribution in [0.1, 0.15) is 39.7 Å². The van der Waals surface area contributed by atoms with Crippen molar-refractivity contribution in [2.24, 2.45) is 5.41 Å². The highest BCUT2D eigenvalue weighted by molar-refractivity contribution is 5.69. The first-order valence-corrected chi connectivity index (χ1v) is 7.65. The molecule has 124 valence electrons. The van der Waals surface area contributed by atoms with Crippen molar-refractivity contribution in [1.29, 1.82) is 0 Å². The van der Waals surface area contributed by atoms with Crippen molar-refractivity contribution >= 4 is 12.0 Å². The molecule has 0 aliphatic heterocycles. The number of carbonyl (C=O) groups excluding carboxylic acids is 1. The molecule has 0 aliphatic rings. The zero-order chi connectivity index (χ0) is 17.5. The molecule has 0 bridgehead atoms. The van der Waals surface area contributed by atoms with Crippen molar-refractivity contribution in [3.63, 3.8) is 0 Å². The summed E-state index contributed by atoms with van der Waals surface area (Å²) >= 11 is 0. The number of hydrogen-bond donors (Lipinski definition) is 1. The molecule has 1 atom stereocenters. The lowest BCUT2D eigenvalue weighted by atomic mass is 9.85. The number of allylic oxidation sites excluding steroid dienone is 3. The summed E-state index contributed by atoms with van der Waals surface area (Å²) in [6, 6.07) is 7.32. The number of aliphatic hydroxyl groups is 1. The predicted molar refractivity (Wildman–Crippen MR) is 95.1 cm³/mol. The van der Waals surface area contributed by atoms with Gasteiger partial charge >= 0.3 is 5.97 Å². The number of hydrogen-bond acceptors (Lipinski definition) is 3. The fourth-order valence-corrected chi connectivity index (χ4v) is 1.92. The lowest BCUT2D eigenvalue weighted by Crippen LogP contribution is -2.14. The molecule has 0 saturated carbocycles. The van der Waals surface area contributed by atoms with Crippen LogP contribution < -0.4 is 4.74 Å². The Morgan fingerprint density at radius 3 is 2.30 bits per heavy atom. The molecule has 3 heteroatoms. The van der Waals surface area contributed by atoms with Gasteiger partial charge in [-0.1, -0.05) is 49.4 Å². The maximum Gasteiger partial charge on any atom is 0.308 e. The first-order valence-electron chi connectivity index (χ1n) is 7.65. The summed E-state index contributed by atoms with van der Waals surface area (Å²) in [5.74, 6) is 0.209. The van der Waals surface area contributed by atoms with E-state index < -0.39 is 5.60 Å². The Kier molecular flexibility index (Phi) is 6.52. The highest BCUT2D eigenvalue weighted by atomic mass is 16.5. The number of carbonyl (C=O) groups is 1. The van der Waals surface area contributed by atoms with Crippen LogP contribution in [-0.4, -0.2) is 16.7 Å². The van der Waals surface area contributed by atoms with Gasteiger partial charge in [0.15, 0.2) is 0 Å². The summed E-state index contributed by atoms with van der Waals surface area (Å²) in [6.45, 7) is 10.9. The standard InChI is InChI=1S/C20H26O3/c1-6-20(5,14-7-13-19(3,4)22)15-12-17-8-10-18(11-9-17)23-16(2)21/h6-13,15,22H,1,14H2,2-5H3/b13-7+,15-12+. The minimum absolute atomic E-state index is 0.198. The van der Waals surface area contributed by atoms with E-state index in [9.17, 15) is 9.90 Å². The molecule has 1 unspecified atom stereocenters. The van der Waals surface area contributed by atoms with E-state index in [0.717, 1.165) is 12.0 Å². The van der Waals surface area contributed by atoms with Crippen LogP contribution in [0.25, 0.3) is 6.08 Å². The lowest BCUT2D eigenvalue weighted by Gasteiger charge is -2.20. The van der Waals surface area contributed by atoms with Crippen LogP contribution in [0.3, 0.4) is 0 Å². The molecule has 0 amide bonds. The number of ether oxygens (including phenoxy) is 1. The molecule has 23 heavy (non-hydrogen) atoms. The van der Waals surface area contributed by atoms with Gasteiger partial charge in [-0.05, 0) is 38.0 Å². The number of benzene rings is 1. The topological polar surface area (TPSA) is 46.5 Å². The Morgan fingerprint density at radius 2 is 1.83 bits per heavy atom. The molecule has 0 radical (unpaired) electrons. The second kappa shape index (κ2) is 7.93. The van der Waals surface area contributed by atoms with E-state index >= 15 is 0 Å². The molecule has 1 aromatic rings. The molecule has 3 nitrogen and oxygen atoms in total. The quantitative estimate of drug-likeness (QED) is 0.457. The fraction of sp³-hybridized carbons (Fsp3) is 0.350. The summed E-state index contributed by atoms with van der Waals surface area (Å²) < 4.78 is 5.01. The average Bonchev–Trinajstić information content (AvgIpc) is 2.45. The van der Waals surface area contributed by atoms with E-state index in [4.69, 9.17) is 4.74 Å². The first kappa shape index (κ1) is 18.9. The lowest BCUT2D eigenvalue weighted by molar-refractivity contribution is -0.131. The van der Waals surface area contributed by atoms with E-state index in [1.807, 2.05) is 30.4 Å². The van der Waals surface area contributed by atoms with Crippen LogP contribution in [0.15, 0.2) is 55.1 Å². The minimum atomic E-state index is -0.807. The molecule has 0 fully saturated rings. The van der Waals surface area contributed by atoms with Crippen LogP contribution in [0, 0.1) is 5.41 Å². The molecule has 0 aromatic heterocycles. The third-order valence-electron chi connectivity index (χ3n) is 3.35. The van der Waals surface area contributed by atoms with E-state index in [1.165, 1.54) is 6.92 Å². The largest absolute Gasteiger partial charge is 0.427 e. The van der Waals surface area contributed by atoms with Crippen molar-refractivity contribution in [3.8, 4) is 5.75 Å². The van der Waals surface area contributed by atoms with Gasteiger partial charge in [0.1, 0.15) is 5.75 Å². The Bertz CT molecular complexity index is 588. The van der Waals surface area contributed by atoms with E-state index in [-0.39, 0.29) is 11.4 Å². The van der Waals surface area contributed by atoms with Gasteiger partial charge in [-0.15, -0.1) is 6.58 Å². The zero-order valence-electron chi connectivity index (χ0n) is 14.4. The monoisotopic (exact) mass is 314 g/mol. The normalized spacial score (nSPS) is 14.8. The van der Waals surface area contributed by atoms with Crippen molar-refractivity contribution in [2.45, 2.75) is 39.7 Å². The Hall–Kier alpha value is -2.13. The molecule has 1 N–H and O–H groups in total. The van der Waals surface area contributed by atoms with Crippen molar-refractivity contribution in [3.05, 3.63) is 60.7 Å². The van der Waals surface area contributed by atoms with E-state index in [1.54, 1.807) is 32.1 Å². The maximum absolute atomic E-state index is 10.9. The van der Waals surface area contributed by atoms with Gasteiger partial charge in [0.05, 0.1) is 5.60 Å².